The fourth-order valence-corrected chi connectivity index (χ4v) is 4.23. The number of piperidine rings is 1. The van der Waals surface area contributed by atoms with Crippen molar-refractivity contribution < 1.29 is 4.79 Å². The van der Waals surface area contributed by atoms with E-state index in [1.165, 1.54) is 0 Å². The van der Waals surface area contributed by atoms with Gasteiger partial charge in [-0.25, -0.2) is 4.68 Å². The maximum atomic E-state index is 12.8. The molecule has 174 valence electrons. The number of rotatable bonds is 6. The van der Waals surface area contributed by atoms with Gasteiger partial charge >= 0.3 is 0 Å². The number of carbonyl (C=O) groups excluding carboxylic acids is 1. The highest BCUT2D eigenvalue weighted by Crippen LogP contribution is 2.19. The number of fused-ring (bicyclic) bond motifs is 1. The molecule has 1 aliphatic rings. The van der Waals surface area contributed by atoms with Crippen LogP contribution in [0.25, 0.3) is 11.0 Å². The third-order valence-electron chi connectivity index (χ3n) is 6.21. The summed E-state index contributed by atoms with van der Waals surface area (Å²) in [6.07, 6.45) is 6.55. The molecular weight excluding hydrogens is 416 g/mol. The molecule has 4 rings (SSSR count). The molecule has 1 aromatic carbocycles. The second-order valence-corrected chi connectivity index (χ2v) is 9.69. The first-order valence-electron chi connectivity index (χ1n) is 11.6. The molecule has 2 aromatic heterocycles. The topological polar surface area (TPSA) is 93.0 Å². The molecule has 0 aliphatic carbocycles. The van der Waals surface area contributed by atoms with Gasteiger partial charge in [-0.3, -0.25) is 24.5 Å². The summed E-state index contributed by atoms with van der Waals surface area (Å²) in [6.45, 7) is 9.07. The van der Waals surface area contributed by atoms with Crippen LogP contribution < -0.4 is 10.9 Å². The summed E-state index contributed by atoms with van der Waals surface area (Å²) in [5.41, 5.74) is 2.78. The van der Waals surface area contributed by atoms with E-state index in [0.717, 1.165) is 43.6 Å². The van der Waals surface area contributed by atoms with Crippen LogP contribution in [0.2, 0.25) is 0 Å². The van der Waals surface area contributed by atoms with E-state index in [0.29, 0.717) is 24.2 Å². The van der Waals surface area contributed by atoms with Crippen LogP contribution in [-0.2, 0) is 12.0 Å². The van der Waals surface area contributed by atoms with Crippen LogP contribution >= 0.6 is 0 Å². The molecule has 8 heteroatoms. The predicted molar refractivity (Wildman–Crippen MR) is 128 cm³/mol. The lowest BCUT2D eigenvalue weighted by Gasteiger charge is -2.35. The van der Waals surface area contributed by atoms with Gasteiger partial charge in [0.15, 0.2) is 0 Å². The van der Waals surface area contributed by atoms with Crippen molar-refractivity contribution in [2.24, 2.45) is 0 Å². The molecule has 3 heterocycles. The predicted octanol–water partition coefficient (Wildman–Crippen LogP) is 2.77. The largest absolute Gasteiger partial charge is 0.350 e. The molecule has 1 atom stereocenters. The Hall–Kier alpha value is -3.13. The summed E-state index contributed by atoms with van der Waals surface area (Å²) in [5, 5.41) is 7.68. The molecule has 0 radical (unpaired) electrons. The number of nitrogens with zero attached hydrogens (tertiary/aromatic N) is 5. The fraction of sp³-hybridized carbons (Fsp3) is 0.480. The normalized spacial score (nSPS) is 17.2. The lowest BCUT2D eigenvalue weighted by atomic mass is 9.92. The second kappa shape index (κ2) is 9.79. The van der Waals surface area contributed by atoms with Crippen molar-refractivity contribution in [1.82, 2.24) is 30.0 Å². The molecule has 1 saturated heterocycles. The van der Waals surface area contributed by atoms with Gasteiger partial charge in [0, 0.05) is 48.6 Å². The fourth-order valence-electron chi connectivity index (χ4n) is 4.23. The van der Waals surface area contributed by atoms with Crippen LogP contribution in [0.15, 0.2) is 47.5 Å². The number of amides is 1. The molecule has 0 spiro atoms. The summed E-state index contributed by atoms with van der Waals surface area (Å²) in [5.74, 6) is -0.108. The first-order valence-corrected chi connectivity index (χ1v) is 11.6. The third kappa shape index (κ3) is 5.63. The van der Waals surface area contributed by atoms with Crippen LogP contribution in [0.4, 0.5) is 0 Å². The van der Waals surface area contributed by atoms with E-state index in [4.69, 9.17) is 0 Å². The average molecular weight is 449 g/mol. The Labute approximate surface area is 194 Å². The van der Waals surface area contributed by atoms with E-state index >= 15 is 0 Å². The summed E-state index contributed by atoms with van der Waals surface area (Å²) >= 11 is 0. The Morgan fingerprint density at radius 2 is 1.85 bits per heavy atom. The average Bonchev–Trinajstić information content (AvgIpc) is 2.81. The van der Waals surface area contributed by atoms with Gasteiger partial charge in [-0.2, -0.15) is 5.10 Å². The molecule has 33 heavy (non-hydrogen) atoms. The van der Waals surface area contributed by atoms with Gasteiger partial charge in [-0.1, -0.05) is 27.2 Å². The zero-order valence-corrected chi connectivity index (χ0v) is 19.6. The number of hydrogen-bond acceptors (Lipinski definition) is 6. The molecule has 8 nitrogen and oxygen atoms in total. The Morgan fingerprint density at radius 1 is 1.06 bits per heavy atom. The van der Waals surface area contributed by atoms with Crippen LogP contribution in [-0.4, -0.2) is 56.2 Å². The van der Waals surface area contributed by atoms with Crippen molar-refractivity contribution in [3.8, 4) is 0 Å². The standard InChI is InChI=1S/C25H32N6O2/c1-25(2,3)22-9-10-23(32)31(29-22)15-14-30-13-5-4-6-19(30)17-28-24(33)18-7-8-20-21(16-18)27-12-11-26-20/h7-12,16,19H,4-6,13-15,17H2,1-3H3,(H,28,33). The van der Waals surface area contributed by atoms with E-state index in [2.05, 4.69) is 46.1 Å². The number of likely N-dealkylation sites (tertiary alicyclic amines) is 1. The number of carbonyl (C=O) groups is 1. The van der Waals surface area contributed by atoms with Gasteiger partial charge in [-0.15, -0.1) is 0 Å². The van der Waals surface area contributed by atoms with Crippen LogP contribution in [0, 0.1) is 0 Å². The van der Waals surface area contributed by atoms with E-state index in [9.17, 15) is 9.59 Å². The van der Waals surface area contributed by atoms with Crippen LogP contribution in [0.5, 0.6) is 0 Å². The third-order valence-corrected chi connectivity index (χ3v) is 6.21. The smallest absolute Gasteiger partial charge is 0.266 e. The number of aromatic nitrogens is 4. The Balaban J connectivity index is 1.38. The quantitative estimate of drug-likeness (QED) is 0.623. The molecule has 1 aliphatic heterocycles. The van der Waals surface area contributed by atoms with Crippen LogP contribution in [0.1, 0.15) is 56.1 Å². The summed E-state index contributed by atoms with van der Waals surface area (Å²) in [4.78, 5) is 36.0. The molecule has 0 saturated carbocycles. The highest BCUT2D eigenvalue weighted by atomic mass is 16.1. The Kier molecular flexibility index (Phi) is 6.83. The number of nitrogens with one attached hydrogen (secondary N) is 1. The van der Waals surface area contributed by atoms with Crippen LogP contribution in [0.3, 0.4) is 0 Å². The lowest BCUT2D eigenvalue weighted by molar-refractivity contribution is 0.0909. The van der Waals surface area contributed by atoms with Crippen molar-refractivity contribution in [2.45, 2.75) is 58.0 Å². The maximum Gasteiger partial charge on any atom is 0.266 e. The first-order chi connectivity index (χ1) is 15.8. The Morgan fingerprint density at radius 3 is 2.64 bits per heavy atom. The van der Waals surface area contributed by atoms with Gasteiger partial charge in [0.25, 0.3) is 11.5 Å². The Bertz CT molecular complexity index is 1180. The van der Waals surface area contributed by atoms with Crippen molar-refractivity contribution in [2.75, 3.05) is 19.6 Å². The minimum atomic E-state index is -0.109. The molecule has 1 fully saturated rings. The highest BCUT2D eigenvalue weighted by molar-refractivity contribution is 5.97. The highest BCUT2D eigenvalue weighted by Gasteiger charge is 2.23. The van der Waals surface area contributed by atoms with Gasteiger partial charge < -0.3 is 5.32 Å². The minimum absolute atomic E-state index is 0.0794. The monoisotopic (exact) mass is 448 g/mol. The number of hydrogen-bond donors (Lipinski definition) is 1. The first kappa shape index (κ1) is 23.0. The molecule has 3 aromatic rings. The van der Waals surface area contributed by atoms with Crippen molar-refractivity contribution in [3.63, 3.8) is 0 Å². The van der Waals surface area contributed by atoms with Crippen molar-refractivity contribution in [3.05, 3.63) is 64.3 Å². The van der Waals surface area contributed by atoms with E-state index < -0.39 is 0 Å². The number of benzene rings is 1. The molecular formula is C25H32N6O2. The van der Waals surface area contributed by atoms with Gasteiger partial charge in [0.05, 0.1) is 23.3 Å². The van der Waals surface area contributed by atoms with Gasteiger partial charge in [0.1, 0.15) is 0 Å². The molecule has 0 bridgehead atoms. The molecule has 1 amide bonds. The van der Waals surface area contributed by atoms with Crippen molar-refractivity contribution in [1.29, 1.82) is 0 Å². The van der Waals surface area contributed by atoms with E-state index in [1.807, 2.05) is 12.1 Å². The van der Waals surface area contributed by atoms with E-state index in [1.54, 1.807) is 35.3 Å². The zero-order chi connectivity index (χ0) is 23.4. The minimum Gasteiger partial charge on any atom is -0.350 e. The summed E-state index contributed by atoms with van der Waals surface area (Å²) in [6, 6.07) is 9.04. The zero-order valence-electron chi connectivity index (χ0n) is 19.6. The molecule has 1 unspecified atom stereocenters. The molecule has 1 N–H and O–H groups in total. The maximum absolute atomic E-state index is 12.8. The summed E-state index contributed by atoms with van der Waals surface area (Å²) < 4.78 is 1.57. The van der Waals surface area contributed by atoms with Crippen molar-refractivity contribution >= 4 is 16.9 Å². The van der Waals surface area contributed by atoms with E-state index in [-0.39, 0.29) is 22.9 Å². The van der Waals surface area contributed by atoms with Gasteiger partial charge in [-0.05, 0) is 43.7 Å². The summed E-state index contributed by atoms with van der Waals surface area (Å²) in [7, 11) is 0. The lowest BCUT2D eigenvalue weighted by Crippen LogP contribution is -2.48. The van der Waals surface area contributed by atoms with Gasteiger partial charge in [0.2, 0.25) is 0 Å². The SMILES string of the molecule is CC(C)(C)c1ccc(=O)n(CCN2CCCCC2CNC(=O)c2ccc3nccnc3c2)n1. The second-order valence-electron chi connectivity index (χ2n) is 9.69.